The maximum Gasteiger partial charge on any atom is 0.272 e. The molecule has 4 rings (SSSR count). The molecule has 2 heterocycles. The molecule has 2 aliphatic heterocycles. The summed E-state index contributed by atoms with van der Waals surface area (Å²) < 4.78 is 0. The van der Waals surface area contributed by atoms with Gasteiger partial charge in [-0.3, -0.25) is 4.79 Å². The molecule has 0 aromatic carbocycles. The topological polar surface area (TPSA) is 45.0 Å². The van der Waals surface area contributed by atoms with Crippen molar-refractivity contribution in [3.63, 3.8) is 0 Å². The third-order valence-electron chi connectivity index (χ3n) is 5.06. The lowest BCUT2D eigenvalue weighted by molar-refractivity contribution is -0.121. The van der Waals surface area contributed by atoms with Crippen LogP contribution in [-0.4, -0.2) is 23.9 Å². The second-order valence-electron chi connectivity index (χ2n) is 7.06. The van der Waals surface area contributed by atoms with E-state index >= 15 is 0 Å². The summed E-state index contributed by atoms with van der Waals surface area (Å²) in [5.74, 6) is -0.0743. The van der Waals surface area contributed by atoms with E-state index in [2.05, 4.69) is 42.1 Å². The van der Waals surface area contributed by atoms with Crippen molar-refractivity contribution in [1.82, 2.24) is 4.90 Å². The Morgan fingerprint density at radius 2 is 2.20 bits per heavy atom. The molecule has 0 bridgehead atoms. The fourth-order valence-corrected chi connectivity index (χ4v) is 4.18. The molecule has 4 heteroatoms. The van der Waals surface area contributed by atoms with E-state index in [1.807, 2.05) is 12.2 Å². The molecule has 104 valence electrons. The highest BCUT2D eigenvalue weighted by Crippen LogP contribution is 2.54. The number of azo groups is 1. The lowest BCUT2D eigenvalue weighted by Gasteiger charge is -2.36. The van der Waals surface area contributed by atoms with E-state index in [0.29, 0.717) is 0 Å². The summed E-state index contributed by atoms with van der Waals surface area (Å²) in [4.78, 5) is 14.5. The van der Waals surface area contributed by atoms with E-state index < -0.39 is 0 Å². The van der Waals surface area contributed by atoms with E-state index in [9.17, 15) is 4.79 Å². The molecule has 0 saturated carbocycles. The van der Waals surface area contributed by atoms with Gasteiger partial charge in [-0.1, -0.05) is 26.0 Å². The molecule has 0 radical (unpaired) electrons. The monoisotopic (exact) mass is 269 g/mol. The van der Waals surface area contributed by atoms with Crippen LogP contribution in [0.5, 0.6) is 0 Å². The van der Waals surface area contributed by atoms with Crippen molar-refractivity contribution in [2.45, 2.75) is 32.7 Å². The van der Waals surface area contributed by atoms with Gasteiger partial charge in [0.2, 0.25) is 0 Å². The Balaban J connectivity index is 1.93. The predicted octanol–water partition coefficient (Wildman–Crippen LogP) is 3.05. The largest absolute Gasteiger partial charge is 0.351 e. The SMILES string of the molecule is CN1C2=CC=CC3C(=O)N=NC4CC(C)(C)CC1=C4C23. The molecule has 4 aliphatic rings. The first-order valence-corrected chi connectivity index (χ1v) is 7.28. The Bertz CT molecular complexity index is 624. The highest BCUT2D eigenvalue weighted by atomic mass is 16.2. The Kier molecular flexibility index (Phi) is 2.22. The Hall–Kier alpha value is -1.71. The fraction of sp³-hybridized carbons (Fsp3) is 0.562. The molecule has 20 heavy (non-hydrogen) atoms. The smallest absolute Gasteiger partial charge is 0.272 e. The number of nitrogens with zero attached hydrogens (tertiary/aromatic N) is 3. The van der Waals surface area contributed by atoms with Crippen molar-refractivity contribution in [2.75, 3.05) is 7.05 Å². The molecule has 0 saturated heterocycles. The van der Waals surface area contributed by atoms with Crippen LogP contribution < -0.4 is 0 Å². The first kappa shape index (κ1) is 12.1. The maximum atomic E-state index is 12.2. The number of hydrogen-bond acceptors (Lipinski definition) is 3. The van der Waals surface area contributed by atoms with Gasteiger partial charge in [-0.2, -0.15) is 5.11 Å². The van der Waals surface area contributed by atoms with Gasteiger partial charge in [-0.15, -0.1) is 5.11 Å². The van der Waals surface area contributed by atoms with E-state index in [0.717, 1.165) is 12.8 Å². The molecule has 0 fully saturated rings. The summed E-state index contributed by atoms with van der Waals surface area (Å²) in [5.41, 5.74) is 4.17. The predicted molar refractivity (Wildman–Crippen MR) is 75.7 cm³/mol. The molecule has 3 unspecified atom stereocenters. The highest BCUT2D eigenvalue weighted by Gasteiger charge is 2.50. The van der Waals surface area contributed by atoms with Crippen molar-refractivity contribution in [3.05, 3.63) is 35.2 Å². The molecule has 2 aliphatic carbocycles. The van der Waals surface area contributed by atoms with Crippen LogP contribution in [-0.2, 0) is 4.79 Å². The van der Waals surface area contributed by atoms with E-state index in [1.54, 1.807) is 0 Å². The lowest BCUT2D eigenvalue weighted by Crippen LogP contribution is -2.30. The van der Waals surface area contributed by atoms with Gasteiger partial charge in [0, 0.05) is 24.4 Å². The first-order valence-electron chi connectivity index (χ1n) is 7.28. The van der Waals surface area contributed by atoms with Crippen LogP contribution in [0.3, 0.4) is 0 Å². The van der Waals surface area contributed by atoms with Crippen LogP contribution in [0.15, 0.2) is 45.4 Å². The first-order chi connectivity index (χ1) is 9.48. The summed E-state index contributed by atoms with van der Waals surface area (Å²) in [5, 5.41) is 8.38. The molecular formula is C16H19N3O. The number of carbonyl (C=O) groups is 1. The van der Waals surface area contributed by atoms with Crippen LogP contribution in [0.25, 0.3) is 0 Å². The molecule has 0 spiro atoms. The average molecular weight is 269 g/mol. The summed E-state index contributed by atoms with van der Waals surface area (Å²) in [6, 6.07) is 0.0764. The standard InChI is InChI=1S/C16H19N3O/c1-16(2)7-10-14-12(8-16)19(3)11-6-4-5-9(13(11)14)15(20)18-17-10/h4-6,9-10,13H,7-8H2,1-3H3. The van der Waals surface area contributed by atoms with Gasteiger partial charge in [0.1, 0.15) is 0 Å². The van der Waals surface area contributed by atoms with Crippen molar-refractivity contribution < 1.29 is 4.79 Å². The molecule has 3 atom stereocenters. The van der Waals surface area contributed by atoms with Crippen molar-refractivity contribution in [1.29, 1.82) is 0 Å². The second kappa shape index (κ2) is 3.68. The van der Waals surface area contributed by atoms with Crippen LogP contribution in [0.4, 0.5) is 0 Å². The average Bonchev–Trinajstić information content (AvgIpc) is 2.59. The Morgan fingerprint density at radius 3 is 3.00 bits per heavy atom. The van der Waals surface area contributed by atoms with Crippen molar-refractivity contribution >= 4 is 5.91 Å². The number of rotatable bonds is 0. The third kappa shape index (κ3) is 1.45. The van der Waals surface area contributed by atoms with E-state index in [-0.39, 0.29) is 29.2 Å². The van der Waals surface area contributed by atoms with Crippen molar-refractivity contribution in [2.24, 2.45) is 27.5 Å². The van der Waals surface area contributed by atoms with Gasteiger partial charge in [-0.25, -0.2) is 0 Å². The Morgan fingerprint density at radius 1 is 1.40 bits per heavy atom. The van der Waals surface area contributed by atoms with Gasteiger partial charge in [0.25, 0.3) is 5.91 Å². The number of allylic oxidation sites excluding steroid dienone is 4. The van der Waals surface area contributed by atoms with Gasteiger partial charge >= 0.3 is 0 Å². The summed E-state index contributed by atoms with van der Waals surface area (Å²) >= 11 is 0. The fourth-order valence-electron chi connectivity index (χ4n) is 4.18. The quantitative estimate of drug-likeness (QED) is 0.678. The molecule has 0 aromatic heterocycles. The number of hydrogen-bond donors (Lipinski definition) is 0. The minimum absolute atomic E-state index is 0.0764. The number of amides is 1. The molecular weight excluding hydrogens is 250 g/mol. The van der Waals surface area contributed by atoms with Gasteiger partial charge in [-0.05, 0) is 29.9 Å². The van der Waals surface area contributed by atoms with E-state index in [1.165, 1.54) is 17.0 Å². The van der Waals surface area contributed by atoms with E-state index in [4.69, 9.17) is 0 Å². The van der Waals surface area contributed by atoms with Crippen LogP contribution in [0.2, 0.25) is 0 Å². The summed E-state index contributed by atoms with van der Waals surface area (Å²) in [6.07, 6.45) is 8.16. The maximum absolute atomic E-state index is 12.2. The molecule has 4 nitrogen and oxygen atoms in total. The van der Waals surface area contributed by atoms with Gasteiger partial charge < -0.3 is 4.90 Å². The normalized spacial score (nSPS) is 37.0. The van der Waals surface area contributed by atoms with Crippen LogP contribution in [0.1, 0.15) is 26.7 Å². The van der Waals surface area contributed by atoms with Crippen LogP contribution >= 0.6 is 0 Å². The zero-order valence-electron chi connectivity index (χ0n) is 12.1. The highest BCUT2D eigenvalue weighted by molar-refractivity contribution is 5.83. The van der Waals surface area contributed by atoms with Crippen molar-refractivity contribution in [3.8, 4) is 0 Å². The Labute approximate surface area is 118 Å². The van der Waals surface area contributed by atoms with Gasteiger partial charge in [0.05, 0.1) is 12.0 Å². The lowest BCUT2D eigenvalue weighted by atomic mass is 9.70. The zero-order valence-corrected chi connectivity index (χ0v) is 12.1. The van der Waals surface area contributed by atoms with Crippen LogP contribution in [0, 0.1) is 17.3 Å². The second-order valence-corrected chi connectivity index (χ2v) is 7.06. The molecule has 0 N–H and O–H groups in total. The van der Waals surface area contributed by atoms with Gasteiger partial charge in [0.15, 0.2) is 0 Å². The third-order valence-corrected chi connectivity index (χ3v) is 5.06. The minimum atomic E-state index is -0.153. The summed E-state index contributed by atoms with van der Waals surface area (Å²) in [6.45, 7) is 4.55. The number of carbonyl (C=O) groups excluding carboxylic acids is 1. The minimum Gasteiger partial charge on any atom is -0.351 e. The zero-order chi connectivity index (χ0) is 14.1. The molecule has 1 amide bonds. The summed E-state index contributed by atoms with van der Waals surface area (Å²) in [7, 11) is 2.12. The molecule has 0 aromatic rings.